The van der Waals surface area contributed by atoms with Crippen LogP contribution in [0, 0.1) is 5.82 Å². The van der Waals surface area contributed by atoms with Gasteiger partial charge in [-0.3, -0.25) is 4.79 Å². The molecule has 0 spiro atoms. The van der Waals surface area contributed by atoms with Crippen LogP contribution in [0.2, 0.25) is 0 Å². The molecule has 0 aliphatic rings. The molecule has 0 unspecified atom stereocenters. The number of ether oxygens (including phenoxy) is 1. The predicted octanol–water partition coefficient (Wildman–Crippen LogP) is 1.45. The van der Waals surface area contributed by atoms with Crippen LogP contribution >= 0.6 is 0 Å². The summed E-state index contributed by atoms with van der Waals surface area (Å²) in [6.07, 6.45) is 1.04. The quantitative estimate of drug-likeness (QED) is 0.724. The lowest BCUT2D eigenvalue weighted by molar-refractivity contribution is -0.122. The van der Waals surface area contributed by atoms with Crippen LogP contribution in [0.5, 0.6) is 5.75 Å². The predicted molar refractivity (Wildman–Crippen MR) is 68.0 cm³/mol. The Bertz CT molecular complexity index is 397. The first kappa shape index (κ1) is 14.4. The van der Waals surface area contributed by atoms with Crippen LogP contribution in [0.3, 0.4) is 0 Å². The molecule has 4 nitrogen and oxygen atoms in total. The zero-order chi connectivity index (χ0) is 13.4. The fraction of sp³-hybridized carbons (Fsp3) is 0.462. The standard InChI is InChI=1S/C13H19FN2O2/c1-3-6-16-8-10-4-5-12(11(14)7-10)18-9-13(17)15-2/h4-5,7,16H,3,6,8-9H2,1-2H3,(H,15,17). The van der Waals surface area contributed by atoms with Crippen molar-refractivity contribution in [2.45, 2.75) is 19.9 Å². The van der Waals surface area contributed by atoms with E-state index in [-0.39, 0.29) is 18.3 Å². The molecule has 0 saturated heterocycles. The highest BCUT2D eigenvalue weighted by Gasteiger charge is 2.06. The highest BCUT2D eigenvalue weighted by molar-refractivity contribution is 5.77. The normalized spacial score (nSPS) is 10.2. The van der Waals surface area contributed by atoms with Crippen molar-refractivity contribution in [3.05, 3.63) is 29.6 Å². The lowest BCUT2D eigenvalue weighted by Crippen LogP contribution is -2.25. The molecule has 0 aliphatic carbocycles. The van der Waals surface area contributed by atoms with E-state index in [1.807, 2.05) is 0 Å². The van der Waals surface area contributed by atoms with E-state index in [1.54, 1.807) is 12.1 Å². The lowest BCUT2D eigenvalue weighted by Gasteiger charge is -2.08. The summed E-state index contributed by atoms with van der Waals surface area (Å²) in [6, 6.07) is 4.74. The van der Waals surface area contributed by atoms with Crippen molar-refractivity contribution in [2.75, 3.05) is 20.2 Å². The van der Waals surface area contributed by atoms with Crippen LogP contribution in [-0.4, -0.2) is 26.1 Å². The Kier molecular flexibility index (Phi) is 6.14. The molecular weight excluding hydrogens is 235 g/mol. The summed E-state index contributed by atoms with van der Waals surface area (Å²) in [5, 5.41) is 5.59. The molecule has 0 aliphatic heterocycles. The summed E-state index contributed by atoms with van der Waals surface area (Å²) in [4.78, 5) is 11.0. The summed E-state index contributed by atoms with van der Waals surface area (Å²) in [5.74, 6) is -0.643. The van der Waals surface area contributed by atoms with E-state index in [0.29, 0.717) is 6.54 Å². The van der Waals surface area contributed by atoms with E-state index in [0.717, 1.165) is 18.5 Å². The Labute approximate surface area is 107 Å². The van der Waals surface area contributed by atoms with E-state index >= 15 is 0 Å². The van der Waals surface area contributed by atoms with Crippen molar-refractivity contribution < 1.29 is 13.9 Å². The second kappa shape index (κ2) is 7.66. The van der Waals surface area contributed by atoms with E-state index in [2.05, 4.69) is 17.6 Å². The van der Waals surface area contributed by atoms with Gasteiger partial charge in [-0.15, -0.1) is 0 Å². The van der Waals surface area contributed by atoms with Crippen LogP contribution in [0.15, 0.2) is 18.2 Å². The molecule has 0 saturated carbocycles. The second-order valence-electron chi connectivity index (χ2n) is 3.90. The minimum atomic E-state index is -0.449. The molecule has 1 amide bonds. The fourth-order valence-electron chi connectivity index (χ4n) is 1.40. The number of amides is 1. The maximum Gasteiger partial charge on any atom is 0.257 e. The molecule has 2 N–H and O–H groups in total. The second-order valence-corrected chi connectivity index (χ2v) is 3.90. The Morgan fingerprint density at radius 3 is 2.83 bits per heavy atom. The first-order valence-electron chi connectivity index (χ1n) is 6.00. The zero-order valence-corrected chi connectivity index (χ0v) is 10.8. The molecule has 0 fully saturated rings. The van der Waals surface area contributed by atoms with Gasteiger partial charge in [0.1, 0.15) is 0 Å². The third kappa shape index (κ3) is 4.71. The fourth-order valence-corrected chi connectivity index (χ4v) is 1.40. The molecular formula is C13H19FN2O2. The lowest BCUT2D eigenvalue weighted by atomic mass is 10.2. The molecule has 0 atom stereocenters. The maximum atomic E-state index is 13.6. The number of benzene rings is 1. The highest BCUT2D eigenvalue weighted by atomic mass is 19.1. The van der Waals surface area contributed by atoms with Gasteiger partial charge in [-0.2, -0.15) is 0 Å². The van der Waals surface area contributed by atoms with Crippen molar-refractivity contribution >= 4 is 5.91 Å². The zero-order valence-electron chi connectivity index (χ0n) is 10.8. The average Bonchev–Trinajstić information content (AvgIpc) is 2.37. The first-order valence-corrected chi connectivity index (χ1v) is 6.00. The molecule has 1 aromatic carbocycles. The van der Waals surface area contributed by atoms with Gasteiger partial charge in [-0.05, 0) is 30.7 Å². The minimum Gasteiger partial charge on any atom is -0.481 e. The maximum absolute atomic E-state index is 13.6. The third-order valence-corrected chi connectivity index (χ3v) is 2.39. The van der Waals surface area contributed by atoms with Crippen LogP contribution in [-0.2, 0) is 11.3 Å². The number of hydrogen-bond acceptors (Lipinski definition) is 3. The van der Waals surface area contributed by atoms with Gasteiger partial charge in [0.05, 0.1) is 0 Å². The molecule has 1 aromatic rings. The van der Waals surface area contributed by atoms with E-state index < -0.39 is 5.82 Å². The molecule has 0 heterocycles. The SMILES string of the molecule is CCCNCc1ccc(OCC(=O)NC)c(F)c1. The highest BCUT2D eigenvalue weighted by Crippen LogP contribution is 2.18. The van der Waals surface area contributed by atoms with Crippen LogP contribution < -0.4 is 15.4 Å². The van der Waals surface area contributed by atoms with Gasteiger partial charge in [0.25, 0.3) is 5.91 Å². The van der Waals surface area contributed by atoms with Gasteiger partial charge in [-0.1, -0.05) is 13.0 Å². The Hall–Kier alpha value is -1.62. The Morgan fingerprint density at radius 1 is 1.44 bits per heavy atom. The smallest absolute Gasteiger partial charge is 0.257 e. The molecule has 0 bridgehead atoms. The van der Waals surface area contributed by atoms with Crippen LogP contribution in [0.4, 0.5) is 4.39 Å². The van der Waals surface area contributed by atoms with Crippen molar-refractivity contribution in [3.63, 3.8) is 0 Å². The van der Waals surface area contributed by atoms with E-state index in [4.69, 9.17) is 4.74 Å². The summed E-state index contributed by atoms with van der Waals surface area (Å²) in [7, 11) is 1.50. The van der Waals surface area contributed by atoms with Crippen molar-refractivity contribution in [2.24, 2.45) is 0 Å². The van der Waals surface area contributed by atoms with Gasteiger partial charge in [0.2, 0.25) is 0 Å². The third-order valence-electron chi connectivity index (χ3n) is 2.39. The summed E-state index contributed by atoms with van der Waals surface area (Å²) >= 11 is 0. The molecule has 5 heteroatoms. The van der Waals surface area contributed by atoms with E-state index in [1.165, 1.54) is 13.1 Å². The topological polar surface area (TPSA) is 50.4 Å². The van der Waals surface area contributed by atoms with Crippen molar-refractivity contribution in [1.29, 1.82) is 0 Å². The number of nitrogens with one attached hydrogen (secondary N) is 2. The number of hydrogen-bond donors (Lipinski definition) is 2. The molecule has 100 valence electrons. The molecule has 0 radical (unpaired) electrons. The first-order chi connectivity index (χ1) is 8.67. The van der Waals surface area contributed by atoms with Gasteiger partial charge in [0.15, 0.2) is 18.2 Å². The summed E-state index contributed by atoms with van der Waals surface area (Å²) in [5.41, 5.74) is 0.855. The van der Waals surface area contributed by atoms with Crippen LogP contribution in [0.1, 0.15) is 18.9 Å². The minimum absolute atomic E-state index is 0.0952. The van der Waals surface area contributed by atoms with Crippen molar-refractivity contribution in [1.82, 2.24) is 10.6 Å². The molecule has 1 rings (SSSR count). The average molecular weight is 254 g/mol. The summed E-state index contributed by atoms with van der Waals surface area (Å²) < 4.78 is 18.7. The number of halogens is 1. The molecule has 18 heavy (non-hydrogen) atoms. The number of likely N-dealkylation sites (N-methyl/N-ethyl adjacent to an activating group) is 1. The summed E-state index contributed by atoms with van der Waals surface area (Å²) in [6.45, 7) is 3.42. The number of carbonyl (C=O) groups excluding carboxylic acids is 1. The molecule has 0 aromatic heterocycles. The Morgan fingerprint density at radius 2 is 2.22 bits per heavy atom. The van der Waals surface area contributed by atoms with Crippen molar-refractivity contribution in [3.8, 4) is 5.75 Å². The number of carbonyl (C=O) groups is 1. The Balaban J connectivity index is 2.53. The van der Waals surface area contributed by atoms with E-state index in [9.17, 15) is 9.18 Å². The van der Waals surface area contributed by atoms with Gasteiger partial charge in [-0.25, -0.2) is 4.39 Å². The van der Waals surface area contributed by atoms with Crippen LogP contribution in [0.25, 0.3) is 0 Å². The van der Waals surface area contributed by atoms with Gasteiger partial charge < -0.3 is 15.4 Å². The largest absolute Gasteiger partial charge is 0.481 e. The van der Waals surface area contributed by atoms with Gasteiger partial charge in [0, 0.05) is 13.6 Å². The monoisotopic (exact) mass is 254 g/mol. The van der Waals surface area contributed by atoms with Gasteiger partial charge >= 0.3 is 0 Å². The number of rotatable bonds is 7.